The Labute approximate surface area is 141 Å². The zero-order valence-corrected chi connectivity index (χ0v) is 13.4. The van der Waals surface area contributed by atoms with E-state index in [9.17, 15) is 5.21 Å². The average molecular weight is 313 g/mol. The molecule has 2 heteroatoms. The van der Waals surface area contributed by atoms with Gasteiger partial charge in [0.1, 0.15) is 0 Å². The number of benzene rings is 4. The monoisotopic (exact) mass is 313 g/mol. The van der Waals surface area contributed by atoms with E-state index in [1.54, 1.807) is 0 Å². The number of rotatable bonds is 4. The third-order valence-corrected chi connectivity index (χ3v) is 4.47. The summed E-state index contributed by atoms with van der Waals surface area (Å²) in [7, 11) is 0. The van der Waals surface area contributed by atoms with E-state index in [2.05, 4.69) is 48.5 Å². The van der Waals surface area contributed by atoms with Crippen LogP contribution in [0.25, 0.3) is 21.5 Å². The molecule has 24 heavy (non-hydrogen) atoms. The molecule has 0 saturated heterocycles. The Morgan fingerprint density at radius 3 is 1.46 bits per heavy atom. The molecule has 0 radical (unpaired) electrons. The average Bonchev–Trinajstić information content (AvgIpc) is 2.62. The van der Waals surface area contributed by atoms with Crippen molar-refractivity contribution in [3.63, 3.8) is 0 Å². The summed E-state index contributed by atoms with van der Waals surface area (Å²) in [5.74, 6) is 0. The van der Waals surface area contributed by atoms with Crippen LogP contribution in [0, 0.1) is 0 Å². The van der Waals surface area contributed by atoms with Gasteiger partial charge in [-0.2, -0.15) is 5.06 Å². The molecule has 2 nitrogen and oxygen atoms in total. The van der Waals surface area contributed by atoms with E-state index in [0.717, 1.165) is 11.1 Å². The Balaban J connectivity index is 1.61. The zero-order chi connectivity index (χ0) is 16.4. The van der Waals surface area contributed by atoms with E-state index in [1.807, 2.05) is 36.4 Å². The van der Waals surface area contributed by atoms with Crippen molar-refractivity contribution in [2.45, 2.75) is 13.1 Å². The van der Waals surface area contributed by atoms with Crippen molar-refractivity contribution < 1.29 is 5.21 Å². The normalized spacial score (nSPS) is 11.4. The first-order chi connectivity index (χ1) is 11.8. The number of fused-ring (bicyclic) bond motifs is 2. The van der Waals surface area contributed by atoms with Gasteiger partial charge in [0.05, 0.1) is 0 Å². The molecule has 1 N–H and O–H groups in total. The highest BCUT2D eigenvalue weighted by Gasteiger charge is 2.08. The van der Waals surface area contributed by atoms with Gasteiger partial charge in [0, 0.05) is 13.1 Å². The van der Waals surface area contributed by atoms with Crippen LogP contribution >= 0.6 is 0 Å². The van der Waals surface area contributed by atoms with Gasteiger partial charge in [0.25, 0.3) is 0 Å². The molecule has 0 aliphatic rings. The lowest BCUT2D eigenvalue weighted by Gasteiger charge is -2.17. The quantitative estimate of drug-likeness (QED) is 0.511. The van der Waals surface area contributed by atoms with Crippen LogP contribution in [0.15, 0.2) is 84.9 Å². The van der Waals surface area contributed by atoms with Crippen LogP contribution in [0.5, 0.6) is 0 Å². The maximum Gasteiger partial charge on any atom is 0.0498 e. The zero-order valence-electron chi connectivity index (χ0n) is 13.4. The summed E-state index contributed by atoms with van der Waals surface area (Å²) in [6.45, 7) is 1.01. The molecule has 4 aromatic rings. The first-order valence-electron chi connectivity index (χ1n) is 8.18. The summed E-state index contributed by atoms with van der Waals surface area (Å²) in [5.41, 5.74) is 2.27. The predicted molar refractivity (Wildman–Crippen MR) is 98.9 cm³/mol. The van der Waals surface area contributed by atoms with Gasteiger partial charge in [-0.25, -0.2) is 0 Å². The van der Waals surface area contributed by atoms with E-state index in [4.69, 9.17) is 0 Å². The minimum Gasteiger partial charge on any atom is -0.313 e. The molecule has 4 rings (SSSR count). The molecule has 4 aromatic carbocycles. The Morgan fingerprint density at radius 1 is 0.542 bits per heavy atom. The van der Waals surface area contributed by atoms with Crippen molar-refractivity contribution in [3.8, 4) is 0 Å². The molecular weight excluding hydrogens is 294 g/mol. The van der Waals surface area contributed by atoms with Crippen LogP contribution < -0.4 is 0 Å². The van der Waals surface area contributed by atoms with Crippen molar-refractivity contribution in [1.29, 1.82) is 0 Å². The molecule has 0 unspecified atom stereocenters. The molecule has 118 valence electrons. The van der Waals surface area contributed by atoms with E-state index in [-0.39, 0.29) is 0 Å². The molecule has 0 aliphatic heterocycles. The van der Waals surface area contributed by atoms with Gasteiger partial charge in [-0.15, -0.1) is 0 Å². The number of hydrogen-bond donors (Lipinski definition) is 1. The minimum atomic E-state index is 0.505. The number of hydrogen-bond acceptors (Lipinski definition) is 2. The van der Waals surface area contributed by atoms with Crippen LogP contribution in [-0.4, -0.2) is 10.3 Å². The molecule has 0 spiro atoms. The van der Waals surface area contributed by atoms with Crippen LogP contribution in [0.2, 0.25) is 0 Å². The van der Waals surface area contributed by atoms with Gasteiger partial charge in [0.2, 0.25) is 0 Å². The highest BCUT2D eigenvalue weighted by Crippen LogP contribution is 2.22. The van der Waals surface area contributed by atoms with E-state index in [0.29, 0.717) is 13.1 Å². The summed E-state index contributed by atoms with van der Waals surface area (Å²) in [4.78, 5) is 0. The second kappa shape index (κ2) is 6.44. The lowest BCUT2D eigenvalue weighted by Crippen LogP contribution is -2.18. The standard InChI is InChI=1S/C22H19NO/c24-23(15-19-11-5-9-17-7-1-3-13-21(17)19)16-20-12-6-10-18-8-2-4-14-22(18)20/h1-14,24H,15-16H2. The van der Waals surface area contributed by atoms with Gasteiger partial charge in [-0.3, -0.25) is 0 Å². The summed E-state index contributed by atoms with van der Waals surface area (Å²) in [6.07, 6.45) is 0. The second-order valence-corrected chi connectivity index (χ2v) is 6.10. The van der Waals surface area contributed by atoms with E-state index >= 15 is 0 Å². The van der Waals surface area contributed by atoms with Gasteiger partial charge >= 0.3 is 0 Å². The molecular formula is C22H19NO. The fraction of sp³-hybridized carbons (Fsp3) is 0.0909. The van der Waals surface area contributed by atoms with Gasteiger partial charge in [-0.05, 0) is 32.7 Å². The molecule has 0 aliphatic carbocycles. The molecule has 0 atom stereocenters. The number of nitrogens with zero attached hydrogens (tertiary/aromatic N) is 1. The first kappa shape index (κ1) is 14.9. The maximum absolute atomic E-state index is 10.5. The fourth-order valence-corrected chi connectivity index (χ4v) is 3.31. The van der Waals surface area contributed by atoms with Crippen molar-refractivity contribution in [2.24, 2.45) is 0 Å². The molecule has 0 fully saturated rings. The summed E-state index contributed by atoms with van der Waals surface area (Å²) < 4.78 is 0. The third kappa shape index (κ3) is 2.90. The summed E-state index contributed by atoms with van der Waals surface area (Å²) >= 11 is 0. The van der Waals surface area contributed by atoms with Crippen LogP contribution in [0.1, 0.15) is 11.1 Å². The fourth-order valence-electron chi connectivity index (χ4n) is 3.31. The molecule has 0 saturated carbocycles. The van der Waals surface area contributed by atoms with E-state index in [1.165, 1.54) is 26.6 Å². The lowest BCUT2D eigenvalue weighted by atomic mass is 10.0. The highest BCUT2D eigenvalue weighted by molar-refractivity contribution is 5.86. The highest BCUT2D eigenvalue weighted by atomic mass is 16.5. The van der Waals surface area contributed by atoms with Gasteiger partial charge in [-0.1, -0.05) is 84.9 Å². The van der Waals surface area contributed by atoms with Crippen LogP contribution in [0.3, 0.4) is 0 Å². The van der Waals surface area contributed by atoms with Crippen molar-refractivity contribution >= 4 is 21.5 Å². The largest absolute Gasteiger partial charge is 0.313 e. The van der Waals surface area contributed by atoms with Crippen molar-refractivity contribution in [2.75, 3.05) is 0 Å². The Kier molecular flexibility index (Phi) is 3.99. The molecule has 0 aromatic heterocycles. The Bertz CT molecular complexity index is 901. The smallest absolute Gasteiger partial charge is 0.0498 e. The van der Waals surface area contributed by atoms with Gasteiger partial charge in [0.15, 0.2) is 0 Å². The van der Waals surface area contributed by atoms with Crippen LogP contribution in [-0.2, 0) is 13.1 Å². The van der Waals surface area contributed by atoms with Crippen LogP contribution in [0.4, 0.5) is 0 Å². The van der Waals surface area contributed by atoms with E-state index < -0.39 is 0 Å². The minimum absolute atomic E-state index is 0.505. The van der Waals surface area contributed by atoms with Crippen molar-refractivity contribution in [1.82, 2.24) is 5.06 Å². The Morgan fingerprint density at radius 2 is 0.958 bits per heavy atom. The molecule has 0 bridgehead atoms. The number of hydroxylamine groups is 2. The second-order valence-electron chi connectivity index (χ2n) is 6.10. The SMILES string of the molecule is ON(Cc1cccc2ccccc12)Cc1cccc2ccccc12. The summed E-state index contributed by atoms with van der Waals surface area (Å²) in [5, 5.41) is 16.7. The predicted octanol–water partition coefficient (Wildman–Crippen LogP) is 5.38. The first-order valence-corrected chi connectivity index (χ1v) is 8.18. The summed E-state index contributed by atoms with van der Waals surface area (Å²) in [6, 6.07) is 29.0. The maximum atomic E-state index is 10.5. The lowest BCUT2D eigenvalue weighted by molar-refractivity contribution is -0.107. The Hall–Kier alpha value is -2.68. The third-order valence-electron chi connectivity index (χ3n) is 4.47. The molecule has 0 heterocycles. The van der Waals surface area contributed by atoms with Gasteiger partial charge < -0.3 is 5.21 Å². The van der Waals surface area contributed by atoms with Crippen molar-refractivity contribution in [3.05, 3.63) is 96.1 Å². The molecule has 0 amide bonds. The topological polar surface area (TPSA) is 23.5 Å².